The first kappa shape index (κ1) is 21.1. The number of nitrogens with one attached hydrogen (secondary N) is 1. The van der Waals surface area contributed by atoms with E-state index in [2.05, 4.69) is 5.32 Å². The number of rotatable bonds is 5. The Kier molecular flexibility index (Phi) is 7.33. The number of nitrogens with two attached hydrogens (primary N) is 1. The van der Waals surface area contributed by atoms with Gasteiger partial charge in [0, 0.05) is 13.2 Å². The minimum Gasteiger partial charge on any atom is -0.744 e. The van der Waals surface area contributed by atoms with Crippen LogP contribution in [0.5, 0.6) is 0 Å². The predicted molar refractivity (Wildman–Crippen MR) is 78.3 cm³/mol. The Morgan fingerprint density at radius 3 is 2.43 bits per heavy atom. The van der Waals surface area contributed by atoms with E-state index in [0.717, 1.165) is 18.9 Å². The zero-order valence-corrected chi connectivity index (χ0v) is 16.7. The molecule has 2 rings (SSSR count). The van der Waals surface area contributed by atoms with Crippen molar-refractivity contribution in [2.24, 2.45) is 5.14 Å². The van der Waals surface area contributed by atoms with Crippen LogP contribution in [0, 0.1) is 0 Å². The fourth-order valence-electron chi connectivity index (χ4n) is 2.13. The molecule has 0 aromatic heterocycles. The van der Waals surface area contributed by atoms with Gasteiger partial charge in [-0.05, 0) is 25.0 Å². The van der Waals surface area contributed by atoms with Gasteiger partial charge >= 0.3 is 29.6 Å². The van der Waals surface area contributed by atoms with Crippen molar-refractivity contribution in [1.29, 1.82) is 0 Å². The molecule has 1 saturated heterocycles. The van der Waals surface area contributed by atoms with Crippen molar-refractivity contribution in [3.05, 3.63) is 17.2 Å². The molecule has 0 radical (unpaired) electrons. The Balaban J connectivity index is 0.00000264. The summed E-state index contributed by atoms with van der Waals surface area (Å²) in [5.74, 6) is 0. The molecule has 1 heterocycles. The molecule has 1 fully saturated rings. The minimum atomic E-state index is -4.91. The molecule has 1 aromatic rings. The number of ether oxygens (including phenoxy) is 1. The van der Waals surface area contributed by atoms with Crippen LogP contribution in [-0.2, 0) is 24.9 Å². The van der Waals surface area contributed by atoms with E-state index in [1.165, 1.54) is 0 Å². The molecular weight excluding hydrogens is 379 g/mol. The van der Waals surface area contributed by atoms with Crippen molar-refractivity contribution in [2.75, 3.05) is 18.5 Å². The molecule has 3 N–H and O–H groups in total. The maximum absolute atomic E-state index is 11.4. The molecule has 0 saturated carbocycles. The minimum absolute atomic E-state index is 0. The Bertz CT molecular complexity index is 778. The molecule has 1 aliphatic heterocycles. The Hall–Kier alpha value is 0.0900. The third-order valence-corrected chi connectivity index (χ3v) is 5.41. The van der Waals surface area contributed by atoms with Crippen LogP contribution in [-0.4, -0.2) is 40.6 Å². The SMILES string of the molecule is NS(=O)(=O)c1cc(S(=O)(=O)[O-])c(NCC2CCCO2)cc1Cl.[Na+]. The number of halogens is 1. The zero-order chi connectivity index (χ0) is 16.5. The molecule has 1 aromatic carbocycles. The van der Waals surface area contributed by atoms with E-state index in [9.17, 15) is 21.4 Å². The Labute approximate surface area is 161 Å². The second kappa shape index (κ2) is 7.98. The molecule has 12 heteroatoms. The molecule has 1 aliphatic rings. The van der Waals surface area contributed by atoms with E-state index >= 15 is 0 Å². The van der Waals surface area contributed by atoms with Crippen molar-refractivity contribution in [1.82, 2.24) is 0 Å². The van der Waals surface area contributed by atoms with Gasteiger partial charge in [-0.1, -0.05) is 11.6 Å². The molecular formula is C11H14ClN2NaO6S2. The number of primary sulfonamides is 1. The van der Waals surface area contributed by atoms with Crippen LogP contribution >= 0.6 is 11.6 Å². The van der Waals surface area contributed by atoms with Gasteiger partial charge in [0.2, 0.25) is 10.0 Å². The molecule has 124 valence electrons. The van der Waals surface area contributed by atoms with E-state index in [1.807, 2.05) is 0 Å². The van der Waals surface area contributed by atoms with Gasteiger partial charge in [-0.25, -0.2) is 22.0 Å². The van der Waals surface area contributed by atoms with Crippen molar-refractivity contribution in [3.63, 3.8) is 0 Å². The fourth-order valence-corrected chi connectivity index (χ4v) is 3.96. The van der Waals surface area contributed by atoms with Crippen molar-refractivity contribution < 1.29 is 55.7 Å². The fraction of sp³-hybridized carbons (Fsp3) is 0.455. The number of hydrogen-bond donors (Lipinski definition) is 2. The number of anilines is 1. The summed E-state index contributed by atoms with van der Waals surface area (Å²) in [6.45, 7) is 0.887. The Morgan fingerprint density at radius 2 is 1.96 bits per heavy atom. The molecule has 1 unspecified atom stereocenters. The first-order valence-corrected chi connectivity index (χ1v) is 9.60. The first-order valence-electron chi connectivity index (χ1n) is 6.27. The van der Waals surface area contributed by atoms with Crippen molar-refractivity contribution in [2.45, 2.75) is 28.7 Å². The second-order valence-electron chi connectivity index (χ2n) is 4.79. The van der Waals surface area contributed by atoms with E-state index in [4.69, 9.17) is 21.5 Å². The molecule has 0 spiro atoms. The van der Waals surface area contributed by atoms with Crippen LogP contribution < -0.4 is 40.0 Å². The Morgan fingerprint density at radius 1 is 1.30 bits per heavy atom. The standard InChI is InChI=1S/C11H15ClN2O6S2.Na/c12-8-4-9(14-6-7-2-1-3-20-7)11(22(17,18)19)5-10(8)21(13,15)16;/h4-5,7,14H,1-3,6H2,(H2,13,15,16)(H,17,18,19);/q;+1/p-1. The van der Waals surface area contributed by atoms with Gasteiger partial charge in [-0.3, -0.25) is 0 Å². The van der Waals surface area contributed by atoms with Gasteiger partial charge < -0.3 is 14.6 Å². The van der Waals surface area contributed by atoms with Crippen LogP contribution in [0.25, 0.3) is 0 Å². The summed E-state index contributed by atoms with van der Waals surface area (Å²) in [4.78, 5) is -1.34. The van der Waals surface area contributed by atoms with Crippen LogP contribution in [0.15, 0.2) is 21.9 Å². The summed E-state index contributed by atoms with van der Waals surface area (Å²) in [6.07, 6.45) is 1.58. The van der Waals surface area contributed by atoms with E-state index in [-0.39, 0.29) is 52.9 Å². The monoisotopic (exact) mass is 392 g/mol. The zero-order valence-electron chi connectivity index (χ0n) is 12.3. The number of hydrogen-bond acceptors (Lipinski definition) is 7. The molecule has 1 atom stereocenters. The van der Waals surface area contributed by atoms with E-state index < -0.39 is 29.9 Å². The maximum atomic E-state index is 11.4. The van der Waals surface area contributed by atoms with Crippen molar-refractivity contribution in [3.8, 4) is 0 Å². The van der Waals surface area contributed by atoms with Crippen LogP contribution in [0.2, 0.25) is 5.02 Å². The summed E-state index contributed by atoms with van der Waals surface area (Å²) >= 11 is 5.80. The number of benzene rings is 1. The van der Waals surface area contributed by atoms with Crippen LogP contribution in [0.4, 0.5) is 5.69 Å². The summed E-state index contributed by atoms with van der Waals surface area (Å²) in [5, 5.41) is 7.43. The molecule has 23 heavy (non-hydrogen) atoms. The second-order valence-corrected chi connectivity index (χ2v) is 8.08. The van der Waals surface area contributed by atoms with E-state index in [1.54, 1.807) is 0 Å². The molecule has 8 nitrogen and oxygen atoms in total. The molecule has 0 amide bonds. The number of sulfonamides is 1. The summed E-state index contributed by atoms with van der Waals surface area (Å²) in [7, 11) is -9.16. The quantitative estimate of drug-likeness (QED) is 0.416. The van der Waals surface area contributed by atoms with Gasteiger partial charge in [0.25, 0.3) is 0 Å². The van der Waals surface area contributed by atoms with Gasteiger partial charge in [0.05, 0.1) is 21.7 Å². The van der Waals surface area contributed by atoms with Crippen LogP contribution in [0.1, 0.15) is 12.8 Å². The van der Waals surface area contributed by atoms with Gasteiger partial charge in [-0.15, -0.1) is 0 Å². The predicted octanol–water partition coefficient (Wildman–Crippen LogP) is -2.51. The average molecular weight is 393 g/mol. The van der Waals surface area contributed by atoms with E-state index in [0.29, 0.717) is 12.7 Å². The summed E-state index contributed by atoms with van der Waals surface area (Å²) in [6, 6.07) is 1.72. The van der Waals surface area contributed by atoms with Crippen LogP contribution in [0.3, 0.4) is 0 Å². The van der Waals surface area contributed by atoms with Gasteiger partial charge in [-0.2, -0.15) is 0 Å². The van der Waals surface area contributed by atoms with Gasteiger partial charge in [0.15, 0.2) is 0 Å². The normalized spacial score (nSPS) is 18.5. The van der Waals surface area contributed by atoms with Gasteiger partial charge in [0.1, 0.15) is 15.0 Å². The largest absolute Gasteiger partial charge is 1.00 e. The summed E-state index contributed by atoms with van der Waals surface area (Å²) < 4.78 is 62.1. The summed E-state index contributed by atoms with van der Waals surface area (Å²) in [5.41, 5.74) is -0.0806. The third kappa shape index (κ3) is 5.55. The third-order valence-electron chi connectivity index (χ3n) is 3.15. The smallest absolute Gasteiger partial charge is 0.744 e. The molecule has 0 aliphatic carbocycles. The maximum Gasteiger partial charge on any atom is 1.00 e. The van der Waals surface area contributed by atoms with Crippen molar-refractivity contribution >= 4 is 37.4 Å². The topological polar surface area (TPSA) is 139 Å². The average Bonchev–Trinajstić information content (AvgIpc) is 2.86. The molecule has 0 bridgehead atoms. The first-order chi connectivity index (χ1) is 10.1.